The molecule has 2 heterocycles. The maximum Gasteiger partial charge on any atom is 0.243 e. The van der Waals surface area contributed by atoms with E-state index < -0.39 is 10.0 Å². The van der Waals surface area contributed by atoms with Crippen molar-refractivity contribution in [1.82, 2.24) is 4.31 Å². The first-order valence-electron chi connectivity index (χ1n) is 9.03. The van der Waals surface area contributed by atoms with E-state index in [1.54, 1.807) is 6.07 Å². The number of hydrogen-bond acceptors (Lipinski definition) is 5. The Morgan fingerprint density at radius 1 is 1.11 bits per heavy atom. The minimum Gasteiger partial charge on any atom is -0.495 e. The van der Waals surface area contributed by atoms with Gasteiger partial charge in [-0.05, 0) is 30.3 Å². The van der Waals surface area contributed by atoms with Crippen LogP contribution in [0.2, 0.25) is 5.02 Å². The first kappa shape index (κ1) is 19.3. The van der Waals surface area contributed by atoms with E-state index in [1.807, 2.05) is 18.2 Å². The molecule has 0 unspecified atom stereocenters. The summed E-state index contributed by atoms with van der Waals surface area (Å²) in [5.74, 6) is 1.90. The van der Waals surface area contributed by atoms with Crippen LogP contribution in [-0.4, -0.2) is 52.8 Å². The lowest BCUT2D eigenvalue weighted by molar-refractivity contribution is -0.917. The van der Waals surface area contributed by atoms with E-state index in [0.29, 0.717) is 23.9 Å². The van der Waals surface area contributed by atoms with Crippen molar-refractivity contribution >= 4 is 21.6 Å². The number of sulfonamides is 1. The number of nitrogens with zero attached hydrogens (tertiary/aromatic N) is 1. The van der Waals surface area contributed by atoms with Gasteiger partial charge in [0.05, 0.1) is 43.2 Å². The topological polar surface area (TPSA) is 69.5 Å². The second-order valence-electron chi connectivity index (χ2n) is 6.81. The molecule has 1 fully saturated rings. The maximum atomic E-state index is 12.9. The van der Waals surface area contributed by atoms with E-state index in [9.17, 15) is 8.42 Å². The highest BCUT2D eigenvalue weighted by atomic mass is 35.5. The molecule has 1 saturated heterocycles. The van der Waals surface area contributed by atoms with Gasteiger partial charge >= 0.3 is 0 Å². The predicted molar refractivity (Wildman–Crippen MR) is 104 cm³/mol. The van der Waals surface area contributed by atoms with Crippen LogP contribution >= 0.6 is 11.6 Å². The molecule has 0 atom stereocenters. The molecule has 0 aliphatic carbocycles. The van der Waals surface area contributed by atoms with Gasteiger partial charge in [-0.15, -0.1) is 0 Å². The van der Waals surface area contributed by atoms with Crippen LogP contribution in [0.25, 0.3) is 0 Å². The third kappa shape index (κ3) is 3.77. The number of methoxy groups -OCH3 is 1. The fourth-order valence-corrected chi connectivity index (χ4v) is 5.16. The molecule has 2 aliphatic heterocycles. The summed E-state index contributed by atoms with van der Waals surface area (Å²) in [6.45, 7) is 3.48. The van der Waals surface area contributed by atoms with Gasteiger partial charge in [0.2, 0.25) is 16.8 Å². The van der Waals surface area contributed by atoms with Gasteiger partial charge in [0, 0.05) is 11.6 Å². The first-order valence-corrected chi connectivity index (χ1v) is 10.8. The van der Waals surface area contributed by atoms with Crippen molar-refractivity contribution in [1.29, 1.82) is 0 Å². The van der Waals surface area contributed by atoms with E-state index in [4.69, 9.17) is 25.8 Å². The van der Waals surface area contributed by atoms with Crippen molar-refractivity contribution in [2.45, 2.75) is 11.4 Å². The van der Waals surface area contributed by atoms with Crippen LogP contribution < -0.4 is 19.1 Å². The lowest BCUT2D eigenvalue weighted by atomic mass is 10.2. The van der Waals surface area contributed by atoms with E-state index >= 15 is 0 Å². The highest BCUT2D eigenvalue weighted by Crippen LogP contribution is 2.32. The lowest BCUT2D eigenvalue weighted by Crippen LogP contribution is -3.13. The van der Waals surface area contributed by atoms with Gasteiger partial charge in [-0.1, -0.05) is 11.6 Å². The fourth-order valence-electron chi connectivity index (χ4n) is 3.51. The smallest absolute Gasteiger partial charge is 0.243 e. The quantitative estimate of drug-likeness (QED) is 0.778. The summed E-state index contributed by atoms with van der Waals surface area (Å²) < 4.78 is 43.3. The monoisotopic (exact) mass is 425 g/mol. The predicted octanol–water partition coefficient (Wildman–Crippen LogP) is 1.17. The minimum atomic E-state index is -3.57. The van der Waals surface area contributed by atoms with E-state index in [1.165, 1.54) is 28.4 Å². The number of nitrogens with one attached hydrogen (secondary N) is 1. The summed E-state index contributed by atoms with van der Waals surface area (Å²) in [7, 11) is -2.10. The molecule has 4 rings (SSSR count). The van der Waals surface area contributed by atoms with Gasteiger partial charge in [0.1, 0.15) is 12.3 Å². The molecule has 0 spiro atoms. The van der Waals surface area contributed by atoms with Crippen molar-refractivity contribution in [2.75, 3.05) is 40.1 Å². The molecule has 9 heteroatoms. The summed E-state index contributed by atoms with van der Waals surface area (Å²) >= 11 is 6.01. The molecule has 0 bridgehead atoms. The molecule has 0 aromatic heterocycles. The first-order chi connectivity index (χ1) is 13.5. The number of halogens is 1. The molecule has 2 aliphatic rings. The third-order valence-corrected chi connectivity index (χ3v) is 7.29. The van der Waals surface area contributed by atoms with Gasteiger partial charge < -0.3 is 19.1 Å². The number of fused-ring (bicyclic) bond motifs is 1. The van der Waals surface area contributed by atoms with Gasteiger partial charge in [-0.2, -0.15) is 4.31 Å². The molecule has 150 valence electrons. The zero-order chi connectivity index (χ0) is 19.7. The molecule has 0 amide bonds. The molecule has 1 N–H and O–H groups in total. The summed E-state index contributed by atoms with van der Waals surface area (Å²) in [6, 6.07) is 10.5. The van der Waals surface area contributed by atoms with Gasteiger partial charge in [-0.3, -0.25) is 0 Å². The van der Waals surface area contributed by atoms with Crippen molar-refractivity contribution in [2.24, 2.45) is 0 Å². The number of piperazine rings is 1. The van der Waals surface area contributed by atoms with Gasteiger partial charge in [-0.25, -0.2) is 8.42 Å². The van der Waals surface area contributed by atoms with E-state index in [-0.39, 0.29) is 11.7 Å². The standard InChI is InChI=1S/C19H21ClN2O5S/c1-25-18-11-15(3-4-16(18)20)28(23,24)22-8-6-21(7-9-22)12-14-2-5-17-19(10-14)27-13-26-17/h2-5,10-11H,6-9,12-13H2,1H3/p+1. The largest absolute Gasteiger partial charge is 0.495 e. The highest BCUT2D eigenvalue weighted by Gasteiger charge is 2.31. The Balaban J connectivity index is 1.40. The molecule has 0 radical (unpaired) electrons. The SMILES string of the molecule is COc1cc(S(=O)(=O)N2CC[NH+](Cc3ccc4c(c3)OCO4)CC2)ccc1Cl. The van der Waals surface area contributed by atoms with Crippen LogP contribution in [0.5, 0.6) is 17.2 Å². The molecular formula is C19H22ClN2O5S+. The van der Waals surface area contributed by atoms with Gasteiger partial charge in [0.25, 0.3) is 0 Å². The fraction of sp³-hybridized carbons (Fsp3) is 0.368. The lowest BCUT2D eigenvalue weighted by Gasteiger charge is -2.31. The Morgan fingerprint density at radius 2 is 1.86 bits per heavy atom. The maximum absolute atomic E-state index is 12.9. The summed E-state index contributed by atoms with van der Waals surface area (Å²) in [6.07, 6.45) is 0. The summed E-state index contributed by atoms with van der Waals surface area (Å²) in [4.78, 5) is 1.53. The van der Waals surface area contributed by atoms with Crippen molar-refractivity contribution in [3.05, 3.63) is 47.0 Å². The minimum absolute atomic E-state index is 0.202. The van der Waals surface area contributed by atoms with Crippen molar-refractivity contribution < 1.29 is 27.5 Å². The number of rotatable bonds is 5. The van der Waals surface area contributed by atoms with Crippen LogP contribution in [0.15, 0.2) is 41.3 Å². The highest BCUT2D eigenvalue weighted by molar-refractivity contribution is 7.89. The Hall–Kier alpha value is -2.00. The Morgan fingerprint density at radius 3 is 2.61 bits per heavy atom. The van der Waals surface area contributed by atoms with Crippen LogP contribution in [0.3, 0.4) is 0 Å². The van der Waals surface area contributed by atoms with Crippen molar-refractivity contribution in [3.8, 4) is 17.2 Å². The average Bonchev–Trinajstić information content (AvgIpc) is 3.16. The van der Waals surface area contributed by atoms with Gasteiger partial charge in [0.15, 0.2) is 11.5 Å². The molecule has 2 aromatic carbocycles. The normalized spacial score (nSPS) is 17.6. The molecule has 2 aromatic rings. The van der Waals surface area contributed by atoms with E-state index in [2.05, 4.69) is 0 Å². The Labute approximate surface area is 169 Å². The Bertz CT molecular complexity index is 974. The molecule has 7 nitrogen and oxygen atoms in total. The number of benzene rings is 2. The molecular weight excluding hydrogens is 404 g/mol. The Kier molecular flexibility index (Phi) is 5.37. The zero-order valence-corrected chi connectivity index (χ0v) is 17.1. The number of hydrogen-bond donors (Lipinski definition) is 1. The number of quaternary nitrogens is 1. The summed E-state index contributed by atoms with van der Waals surface area (Å²) in [5, 5.41) is 0.388. The number of ether oxygens (including phenoxy) is 3. The van der Waals surface area contributed by atoms with E-state index in [0.717, 1.165) is 36.7 Å². The van der Waals surface area contributed by atoms with Crippen LogP contribution in [0.4, 0.5) is 0 Å². The zero-order valence-electron chi connectivity index (χ0n) is 15.5. The average molecular weight is 426 g/mol. The third-order valence-electron chi connectivity index (χ3n) is 5.08. The van der Waals surface area contributed by atoms with Crippen LogP contribution in [-0.2, 0) is 16.6 Å². The second kappa shape index (κ2) is 7.79. The van der Waals surface area contributed by atoms with Crippen LogP contribution in [0.1, 0.15) is 5.56 Å². The second-order valence-corrected chi connectivity index (χ2v) is 9.16. The molecule has 28 heavy (non-hydrogen) atoms. The summed E-state index contributed by atoms with van der Waals surface area (Å²) in [5.41, 5.74) is 1.15. The van der Waals surface area contributed by atoms with Crippen molar-refractivity contribution in [3.63, 3.8) is 0 Å². The van der Waals surface area contributed by atoms with Crippen LogP contribution in [0, 0.1) is 0 Å². The molecule has 0 saturated carbocycles.